The Morgan fingerprint density at radius 1 is 2.00 bits per heavy atom. The zero-order valence-corrected chi connectivity index (χ0v) is 6.07. The van der Waals surface area contributed by atoms with Crippen LogP contribution >= 0.6 is 0 Å². The Kier molecular flexibility index (Phi) is 1.73. The molecule has 0 aliphatic carbocycles. The fourth-order valence-corrected chi connectivity index (χ4v) is 1.81. The van der Waals surface area contributed by atoms with Crippen molar-refractivity contribution in [3.63, 3.8) is 0 Å². The summed E-state index contributed by atoms with van der Waals surface area (Å²) in [5, 5.41) is 1.90. The molecule has 0 aromatic rings. The molecule has 1 rings (SSSR count). The molecule has 1 heterocycles. The normalized spacial score (nSPS) is 33.6. The van der Waals surface area contributed by atoms with Crippen LogP contribution in [0.2, 0.25) is 0 Å². The van der Waals surface area contributed by atoms with Crippen molar-refractivity contribution >= 4 is 10.8 Å². The van der Waals surface area contributed by atoms with Crippen LogP contribution in [0, 0.1) is 12.3 Å². The zero-order valence-electron chi connectivity index (χ0n) is 5.26. The van der Waals surface area contributed by atoms with Crippen molar-refractivity contribution in [2.75, 3.05) is 0 Å². The van der Waals surface area contributed by atoms with Crippen molar-refractivity contribution in [2.45, 2.75) is 18.6 Å². The van der Waals surface area contributed by atoms with Crippen LogP contribution < -0.4 is 0 Å². The molecule has 1 aliphatic rings. The number of rotatable bonds is 0. The molecule has 0 amide bonds. The van der Waals surface area contributed by atoms with Crippen molar-refractivity contribution in [2.24, 2.45) is 0 Å². The van der Waals surface area contributed by atoms with Gasteiger partial charge in [0, 0.05) is 27.0 Å². The van der Waals surface area contributed by atoms with Crippen LogP contribution in [0.1, 0.15) is 13.3 Å². The monoisotopic (exact) mass is 140 g/mol. The highest BCUT2D eigenvalue weighted by molar-refractivity contribution is 7.88. The molecule has 0 spiro atoms. The van der Waals surface area contributed by atoms with Crippen molar-refractivity contribution in [3.8, 4) is 12.3 Å². The lowest BCUT2D eigenvalue weighted by Gasteiger charge is -1.94. The van der Waals surface area contributed by atoms with Crippen LogP contribution in [0.15, 0.2) is 11.0 Å². The third-order valence-corrected chi connectivity index (χ3v) is 2.82. The third kappa shape index (κ3) is 1.22. The molecular weight excluding hydrogens is 132 g/mol. The maximum atomic E-state index is 10.9. The van der Waals surface area contributed by atoms with Crippen LogP contribution in [0.3, 0.4) is 0 Å². The number of allylic oxidation sites excluding steroid dienone is 1. The number of terminal acetylenes is 1. The Balaban J connectivity index is 2.77. The smallest absolute Gasteiger partial charge is 0.0497 e. The minimum Gasteiger partial charge on any atom is -0.255 e. The lowest BCUT2D eigenvalue weighted by atomic mass is 10.2. The van der Waals surface area contributed by atoms with Gasteiger partial charge in [-0.15, -0.1) is 6.42 Å². The van der Waals surface area contributed by atoms with Crippen LogP contribution in [0.5, 0.6) is 0 Å². The highest BCUT2D eigenvalue weighted by atomic mass is 32.2. The largest absolute Gasteiger partial charge is 0.255 e. The molecule has 48 valence electrons. The first-order valence-corrected chi connectivity index (χ1v) is 4.08. The Morgan fingerprint density at radius 2 is 2.67 bits per heavy atom. The molecule has 0 saturated carbocycles. The first-order chi connectivity index (χ1) is 4.24. The predicted octanol–water partition coefficient (Wildman–Crippen LogP) is 1.04. The molecule has 9 heavy (non-hydrogen) atoms. The summed E-state index contributed by atoms with van der Waals surface area (Å²) in [6.45, 7) is 1.94. The van der Waals surface area contributed by atoms with E-state index < -0.39 is 10.8 Å². The third-order valence-electron chi connectivity index (χ3n) is 1.35. The van der Waals surface area contributed by atoms with Crippen LogP contribution in [-0.4, -0.2) is 9.46 Å². The molecule has 1 nitrogen and oxygen atoms in total. The first kappa shape index (κ1) is 6.57. The molecule has 0 saturated heterocycles. The maximum Gasteiger partial charge on any atom is 0.0497 e. The van der Waals surface area contributed by atoms with Crippen molar-refractivity contribution in [3.05, 3.63) is 11.0 Å². The van der Waals surface area contributed by atoms with E-state index in [-0.39, 0.29) is 5.25 Å². The van der Waals surface area contributed by atoms with Crippen LogP contribution in [0.25, 0.3) is 0 Å². The Labute approximate surface area is 57.6 Å². The molecule has 0 N–H and O–H groups in total. The molecule has 0 aromatic heterocycles. The van der Waals surface area contributed by atoms with Gasteiger partial charge in [0.2, 0.25) is 0 Å². The fraction of sp³-hybridized carbons (Fsp3) is 0.429. The average Bonchev–Trinajstić information content (AvgIpc) is 2.13. The molecule has 0 bridgehead atoms. The van der Waals surface area contributed by atoms with E-state index in [9.17, 15) is 4.21 Å². The first-order valence-electron chi connectivity index (χ1n) is 2.80. The second-order valence-corrected chi connectivity index (χ2v) is 3.83. The highest BCUT2D eigenvalue weighted by Gasteiger charge is 2.17. The fourth-order valence-electron chi connectivity index (χ4n) is 0.789. The van der Waals surface area contributed by atoms with E-state index in [4.69, 9.17) is 6.42 Å². The molecule has 0 radical (unpaired) electrons. The van der Waals surface area contributed by atoms with Gasteiger partial charge in [-0.05, 0) is 6.42 Å². The Morgan fingerprint density at radius 3 is 2.89 bits per heavy atom. The number of hydrogen-bond acceptors (Lipinski definition) is 1. The minimum atomic E-state index is -0.802. The van der Waals surface area contributed by atoms with Gasteiger partial charge >= 0.3 is 0 Å². The van der Waals surface area contributed by atoms with Gasteiger partial charge in [0.05, 0.1) is 0 Å². The van der Waals surface area contributed by atoms with Gasteiger partial charge in [-0.1, -0.05) is 12.8 Å². The van der Waals surface area contributed by atoms with Crippen molar-refractivity contribution in [1.29, 1.82) is 0 Å². The Hall–Kier alpha value is -0.550. The van der Waals surface area contributed by atoms with Gasteiger partial charge in [-0.2, -0.15) is 0 Å². The standard InChI is InChI=1S/C7H8OS/c1-3-7-4-6(2)9(8)5-7/h1,5-6H,4H2,2H3. The van der Waals surface area contributed by atoms with Crippen LogP contribution in [-0.2, 0) is 10.8 Å². The predicted molar refractivity (Wildman–Crippen MR) is 39.1 cm³/mol. The molecule has 2 heteroatoms. The zero-order chi connectivity index (χ0) is 6.85. The second-order valence-electron chi connectivity index (χ2n) is 2.13. The second kappa shape index (κ2) is 2.36. The quantitative estimate of drug-likeness (QED) is 0.459. The minimum absolute atomic E-state index is 0.232. The van der Waals surface area contributed by atoms with Gasteiger partial charge in [0.15, 0.2) is 0 Å². The van der Waals surface area contributed by atoms with Crippen molar-refractivity contribution in [1.82, 2.24) is 0 Å². The average molecular weight is 140 g/mol. The summed E-state index contributed by atoms with van der Waals surface area (Å²) < 4.78 is 10.9. The maximum absolute atomic E-state index is 10.9. The Bertz CT molecular complexity index is 209. The summed E-state index contributed by atoms with van der Waals surface area (Å²) >= 11 is 0. The molecule has 0 aromatic carbocycles. The number of hydrogen-bond donors (Lipinski definition) is 0. The van der Waals surface area contributed by atoms with E-state index in [0.29, 0.717) is 0 Å². The van der Waals surface area contributed by atoms with E-state index in [2.05, 4.69) is 5.92 Å². The van der Waals surface area contributed by atoms with E-state index in [1.165, 1.54) is 0 Å². The molecule has 1 aliphatic heterocycles. The highest BCUT2D eigenvalue weighted by Crippen LogP contribution is 2.19. The molecule has 2 atom stereocenters. The van der Waals surface area contributed by atoms with Gasteiger partial charge in [-0.25, -0.2) is 0 Å². The molecular formula is C7H8OS. The van der Waals surface area contributed by atoms with Crippen molar-refractivity contribution < 1.29 is 4.21 Å². The van der Waals surface area contributed by atoms with E-state index in [1.54, 1.807) is 5.41 Å². The lowest BCUT2D eigenvalue weighted by Crippen LogP contribution is -2.00. The lowest BCUT2D eigenvalue weighted by molar-refractivity contribution is 0.681. The summed E-state index contributed by atoms with van der Waals surface area (Å²) in [5.41, 5.74) is 0.890. The van der Waals surface area contributed by atoms with Gasteiger partial charge in [0.1, 0.15) is 0 Å². The van der Waals surface area contributed by atoms with Gasteiger partial charge < -0.3 is 0 Å². The molecule has 0 fully saturated rings. The van der Waals surface area contributed by atoms with Crippen LogP contribution in [0.4, 0.5) is 0 Å². The van der Waals surface area contributed by atoms with E-state index >= 15 is 0 Å². The van der Waals surface area contributed by atoms with E-state index in [1.807, 2.05) is 6.92 Å². The van der Waals surface area contributed by atoms with Gasteiger partial charge in [0.25, 0.3) is 0 Å². The molecule has 2 unspecified atom stereocenters. The summed E-state index contributed by atoms with van der Waals surface area (Å²) in [5.74, 6) is 2.49. The summed E-state index contributed by atoms with van der Waals surface area (Å²) in [4.78, 5) is 0. The van der Waals surface area contributed by atoms with Gasteiger partial charge in [-0.3, -0.25) is 4.21 Å². The summed E-state index contributed by atoms with van der Waals surface area (Å²) in [6, 6.07) is 0. The summed E-state index contributed by atoms with van der Waals surface area (Å²) in [6.07, 6.45) is 5.91. The van der Waals surface area contributed by atoms with E-state index in [0.717, 1.165) is 12.0 Å². The summed E-state index contributed by atoms with van der Waals surface area (Å²) in [7, 11) is -0.802. The SMILES string of the molecule is C#CC1=CS(=O)C(C)C1. The topological polar surface area (TPSA) is 17.1 Å².